The van der Waals surface area contributed by atoms with E-state index in [4.69, 9.17) is 14.7 Å². The Bertz CT molecular complexity index is 1260. The molecule has 1 aliphatic rings. The maximum Gasteiger partial charge on any atom is 0.262 e. The summed E-state index contributed by atoms with van der Waals surface area (Å²) in [5.74, 6) is 0.665. The van der Waals surface area contributed by atoms with Crippen LogP contribution in [0.5, 0.6) is 0 Å². The van der Waals surface area contributed by atoms with E-state index in [0.29, 0.717) is 17.7 Å². The lowest BCUT2D eigenvalue weighted by atomic mass is 10.2. The van der Waals surface area contributed by atoms with Crippen molar-refractivity contribution in [3.63, 3.8) is 0 Å². The predicted molar refractivity (Wildman–Crippen MR) is 127 cm³/mol. The van der Waals surface area contributed by atoms with Crippen LogP contribution in [0, 0.1) is 6.92 Å². The summed E-state index contributed by atoms with van der Waals surface area (Å²) in [4.78, 5) is 22.8. The molecule has 0 radical (unpaired) electrons. The van der Waals surface area contributed by atoms with Crippen molar-refractivity contribution in [1.29, 1.82) is 0 Å². The van der Waals surface area contributed by atoms with Crippen LogP contribution in [0.2, 0.25) is 0 Å². The van der Waals surface area contributed by atoms with Crippen molar-refractivity contribution in [1.82, 2.24) is 14.5 Å². The highest BCUT2D eigenvalue weighted by atomic mass is 32.2. The first-order valence-corrected chi connectivity index (χ1v) is 12.3. The van der Waals surface area contributed by atoms with Crippen LogP contribution in [-0.2, 0) is 17.0 Å². The molecule has 158 valence electrons. The van der Waals surface area contributed by atoms with Crippen LogP contribution in [0.15, 0.2) is 63.9 Å². The van der Waals surface area contributed by atoms with Gasteiger partial charge in [0.1, 0.15) is 5.01 Å². The molecule has 1 aliphatic heterocycles. The minimum atomic E-state index is 0.00206. The van der Waals surface area contributed by atoms with Gasteiger partial charge in [-0.3, -0.25) is 9.36 Å². The maximum absolute atomic E-state index is 13.2. The van der Waals surface area contributed by atoms with E-state index in [0.717, 1.165) is 46.4 Å². The molecule has 3 heterocycles. The molecule has 31 heavy (non-hydrogen) atoms. The van der Waals surface area contributed by atoms with E-state index in [1.54, 1.807) is 27.7 Å². The summed E-state index contributed by atoms with van der Waals surface area (Å²) in [6.45, 7) is 3.40. The van der Waals surface area contributed by atoms with Crippen molar-refractivity contribution in [3.8, 4) is 10.6 Å². The average Bonchev–Trinajstić information content (AvgIpc) is 3.47. The number of benzene rings is 2. The van der Waals surface area contributed by atoms with Crippen molar-refractivity contribution in [2.45, 2.75) is 43.3 Å². The van der Waals surface area contributed by atoms with E-state index < -0.39 is 0 Å². The zero-order valence-electron chi connectivity index (χ0n) is 17.3. The van der Waals surface area contributed by atoms with Crippen molar-refractivity contribution < 1.29 is 4.74 Å². The molecule has 0 bridgehead atoms. The largest absolute Gasteiger partial charge is 0.376 e. The van der Waals surface area contributed by atoms with Crippen LogP contribution >= 0.6 is 23.1 Å². The van der Waals surface area contributed by atoms with E-state index in [1.807, 2.05) is 24.3 Å². The fourth-order valence-corrected chi connectivity index (χ4v) is 5.58. The van der Waals surface area contributed by atoms with Gasteiger partial charge in [0.25, 0.3) is 5.56 Å². The highest BCUT2D eigenvalue weighted by molar-refractivity contribution is 7.98. The highest BCUT2D eigenvalue weighted by Gasteiger charge is 2.20. The lowest BCUT2D eigenvalue weighted by Crippen LogP contribution is -2.28. The van der Waals surface area contributed by atoms with Crippen LogP contribution in [-0.4, -0.2) is 27.2 Å². The Morgan fingerprint density at radius 1 is 1.16 bits per heavy atom. The smallest absolute Gasteiger partial charge is 0.262 e. The standard InChI is InChI=1S/C24H23N3O2S2/c1-16-8-10-17(11-9-16)22-25-18(14-30-22)15-31-24-26-21-7-3-2-6-20(21)23(28)27(24)13-19-5-4-12-29-19/h2-3,6-11,14,19H,4-5,12-13,15H2,1H3/t19-/m1/s1. The number of nitrogens with zero attached hydrogens (tertiary/aromatic N) is 3. The summed E-state index contributed by atoms with van der Waals surface area (Å²) >= 11 is 3.21. The van der Waals surface area contributed by atoms with Crippen LogP contribution in [0.25, 0.3) is 21.5 Å². The predicted octanol–water partition coefficient (Wildman–Crippen LogP) is 5.30. The summed E-state index contributed by atoms with van der Waals surface area (Å²) in [5.41, 5.74) is 4.10. The number of thioether (sulfide) groups is 1. The van der Waals surface area contributed by atoms with Crippen molar-refractivity contribution in [2.24, 2.45) is 0 Å². The van der Waals surface area contributed by atoms with E-state index in [9.17, 15) is 4.79 Å². The number of hydrogen-bond donors (Lipinski definition) is 0. The minimum Gasteiger partial charge on any atom is -0.376 e. The molecule has 7 heteroatoms. The van der Waals surface area contributed by atoms with E-state index in [2.05, 4.69) is 36.6 Å². The van der Waals surface area contributed by atoms with Gasteiger partial charge in [0.2, 0.25) is 0 Å². The number of rotatable bonds is 6. The van der Waals surface area contributed by atoms with Crippen molar-refractivity contribution in [3.05, 3.63) is 75.5 Å². The van der Waals surface area contributed by atoms with Crippen molar-refractivity contribution in [2.75, 3.05) is 6.61 Å². The molecule has 0 saturated carbocycles. The third-order valence-electron chi connectivity index (χ3n) is 5.44. The topological polar surface area (TPSA) is 57.0 Å². The zero-order chi connectivity index (χ0) is 21.2. The fraction of sp³-hybridized carbons (Fsp3) is 0.292. The molecule has 1 saturated heterocycles. The summed E-state index contributed by atoms with van der Waals surface area (Å²) in [6, 6.07) is 16.0. The first-order valence-electron chi connectivity index (χ1n) is 10.4. The molecule has 0 amide bonds. The molecule has 5 nitrogen and oxygen atoms in total. The zero-order valence-corrected chi connectivity index (χ0v) is 18.9. The van der Waals surface area contributed by atoms with Crippen molar-refractivity contribution >= 4 is 34.0 Å². The van der Waals surface area contributed by atoms with Crippen LogP contribution in [0.4, 0.5) is 0 Å². The Morgan fingerprint density at radius 2 is 2.00 bits per heavy atom. The number of para-hydroxylation sites is 1. The molecule has 0 N–H and O–H groups in total. The second-order valence-electron chi connectivity index (χ2n) is 7.76. The molecule has 0 spiro atoms. The minimum absolute atomic E-state index is 0.00206. The fourth-order valence-electron chi connectivity index (χ4n) is 3.75. The molecular formula is C24H23N3O2S2. The highest BCUT2D eigenvalue weighted by Crippen LogP contribution is 2.28. The summed E-state index contributed by atoms with van der Waals surface area (Å²) in [6.07, 6.45) is 2.10. The first-order chi connectivity index (χ1) is 15.2. The third kappa shape index (κ3) is 4.44. The normalized spacial score (nSPS) is 16.2. The number of hydrogen-bond acceptors (Lipinski definition) is 6. The summed E-state index contributed by atoms with van der Waals surface area (Å²) in [7, 11) is 0. The molecule has 1 fully saturated rings. The Kier molecular flexibility index (Phi) is 5.89. The number of ether oxygens (including phenoxy) is 1. The van der Waals surface area contributed by atoms with E-state index >= 15 is 0 Å². The van der Waals surface area contributed by atoms with Gasteiger partial charge in [-0.05, 0) is 31.9 Å². The second-order valence-corrected chi connectivity index (χ2v) is 9.56. The number of aromatic nitrogens is 3. The van der Waals surface area contributed by atoms with E-state index in [-0.39, 0.29) is 11.7 Å². The van der Waals surface area contributed by atoms with Gasteiger partial charge in [0.15, 0.2) is 5.16 Å². The van der Waals surface area contributed by atoms with Gasteiger partial charge >= 0.3 is 0 Å². The monoisotopic (exact) mass is 449 g/mol. The van der Waals surface area contributed by atoms with Gasteiger partial charge in [-0.25, -0.2) is 9.97 Å². The van der Waals surface area contributed by atoms with Gasteiger partial charge in [-0.15, -0.1) is 11.3 Å². The van der Waals surface area contributed by atoms with E-state index in [1.165, 1.54) is 5.56 Å². The average molecular weight is 450 g/mol. The quantitative estimate of drug-likeness (QED) is 0.295. The van der Waals surface area contributed by atoms with Crippen LogP contribution in [0.1, 0.15) is 24.1 Å². The van der Waals surface area contributed by atoms with Crippen LogP contribution in [0.3, 0.4) is 0 Å². The van der Waals surface area contributed by atoms with Gasteiger partial charge in [-0.1, -0.05) is 53.7 Å². The molecule has 1 atom stereocenters. The van der Waals surface area contributed by atoms with Gasteiger partial charge in [-0.2, -0.15) is 0 Å². The van der Waals surface area contributed by atoms with Gasteiger partial charge in [0.05, 0.1) is 29.2 Å². The molecule has 4 aromatic rings. The molecule has 2 aromatic carbocycles. The number of thiazole rings is 1. The molecule has 5 rings (SSSR count). The Hall–Kier alpha value is -2.48. The molecular weight excluding hydrogens is 426 g/mol. The number of fused-ring (bicyclic) bond motifs is 1. The third-order valence-corrected chi connectivity index (χ3v) is 7.39. The first kappa shape index (κ1) is 20.4. The maximum atomic E-state index is 13.2. The SMILES string of the molecule is Cc1ccc(-c2nc(CSc3nc4ccccc4c(=O)n3C[C@H]3CCCO3)cs2)cc1. The van der Waals surface area contributed by atoms with Gasteiger partial charge in [0, 0.05) is 23.3 Å². The lowest BCUT2D eigenvalue weighted by Gasteiger charge is -2.16. The Balaban J connectivity index is 1.41. The van der Waals surface area contributed by atoms with Crippen LogP contribution < -0.4 is 5.56 Å². The van der Waals surface area contributed by atoms with Gasteiger partial charge < -0.3 is 4.74 Å². The number of aryl methyl sites for hydroxylation is 1. The molecule has 0 aliphatic carbocycles. The summed E-state index contributed by atoms with van der Waals surface area (Å²) < 4.78 is 7.58. The molecule has 2 aromatic heterocycles. The Labute approximate surface area is 189 Å². The second kappa shape index (κ2) is 8.94. The summed E-state index contributed by atoms with van der Waals surface area (Å²) in [5, 5.41) is 4.48. The lowest BCUT2D eigenvalue weighted by molar-refractivity contribution is 0.0937. The Morgan fingerprint density at radius 3 is 2.81 bits per heavy atom. The molecule has 0 unspecified atom stereocenters.